The van der Waals surface area contributed by atoms with Crippen LogP contribution in [0, 0.1) is 11.8 Å². The molecule has 1 unspecified atom stereocenters. The van der Waals surface area contributed by atoms with E-state index in [1.165, 1.54) is 0 Å². The molecule has 1 amide bonds. The fourth-order valence-corrected chi connectivity index (χ4v) is 3.41. The summed E-state index contributed by atoms with van der Waals surface area (Å²) in [6.45, 7) is 2.88. The summed E-state index contributed by atoms with van der Waals surface area (Å²) in [6.07, 6.45) is -1.40. The molecular formula is C15H24F3NO2. The highest BCUT2D eigenvalue weighted by atomic mass is 19.4. The first-order valence-corrected chi connectivity index (χ1v) is 7.77. The summed E-state index contributed by atoms with van der Waals surface area (Å²) in [5, 5.41) is 10.0. The van der Waals surface area contributed by atoms with Crippen molar-refractivity contribution in [1.29, 1.82) is 0 Å². The molecule has 122 valence electrons. The first kappa shape index (κ1) is 16.6. The Morgan fingerprint density at radius 2 is 1.76 bits per heavy atom. The van der Waals surface area contributed by atoms with E-state index in [2.05, 4.69) is 0 Å². The van der Waals surface area contributed by atoms with Crippen LogP contribution in [0.3, 0.4) is 0 Å². The fourth-order valence-electron chi connectivity index (χ4n) is 3.41. The molecule has 0 spiro atoms. The van der Waals surface area contributed by atoms with Crippen molar-refractivity contribution in [1.82, 2.24) is 4.90 Å². The highest BCUT2D eigenvalue weighted by molar-refractivity contribution is 5.79. The van der Waals surface area contributed by atoms with Crippen LogP contribution >= 0.6 is 0 Å². The molecule has 1 N–H and O–H groups in total. The van der Waals surface area contributed by atoms with Gasteiger partial charge < -0.3 is 10.0 Å². The topological polar surface area (TPSA) is 40.5 Å². The Kier molecular flexibility index (Phi) is 4.85. The maximum absolute atomic E-state index is 12.6. The third-order valence-corrected chi connectivity index (χ3v) is 4.91. The minimum absolute atomic E-state index is 0.0201. The minimum atomic E-state index is -4.13. The normalized spacial score (nSPS) is 35.4. The molecule has 0 bridgehead atoms. The third kappa shape index (κ3) is 4.34. The largest absolute Gasteiger partial charge is 0.391 e. The molecule has 3 nitrogen and oxygen atoms in total. The number of amides is 1. The van der Waals surface area contributed by atoms with Gasteiger partial charge in [-0.1, -0.05) is 0 Å². The summed E-state index contributed by atoms with van der Waals surface area (Å²) in [7, 11) is 0. The molecule has 0 radical (unpaired) electrons. The zero-order chi connectivity index (χ0) is 15.7. The van der Waals surface area contributed by atoms with Crippen LogP contribution in [-0.2, 0) is 4.79 Å². The number of carbonyl (C=O) groups is 1. The van der Waals surface area contributed by atoms with Crippen LogP contribution in [0.5, 0.6) is 0 Å². The van der Waals surface area contributed by atoms with E-state index in [0.29, 0.717) is 38.8 Å². The molecule has 1 aliphatic heterocycles. The summed E-state index contributed by atoms with van der Waals surface area (Å²) in [5.41, 5.74) is -0.733. The Labute approximate surface area is 123 Å². The number of likely N-dealkylation sites (tertiary alicyclic amines) is 1. The third-order valence-electron chi connectivity index (χ3n) is 4.91. The summed E-state index contributed by atoms with van der Waals surface area (Å²) < 4.78 is 37.9. The Hall–Kier alpha value is -0.780. The quantitative estimate of drug-likeness (QED) is 0.808. The first-order chi connectivity index (χ1) is 9.69. The Morgan fingerprint density at radius 3 is 2.33 bits per heavy atom. The highest BCUT2D eigenvalue weighted by Crippen LogP contribution is 2.40. The number of carbonyl (C=O) groups excluding carboxylic acids is 1. The molecular weight excluding hydrogens is 283 g/mol. The number of hydrogen-bond donors (Lipinski definition) is 1. The van der Waals surface area contributed by atoms with Gasteiger partial charge in [0.1, 0.15) is 0 Å². The molecule has 6 heteroatoms. The van der Waals surface area contributed by atoms with Gasteiger partial charge in [-0.15, -0.1) is 0 Å². The van der Waals surface area contributed by atoms with Gasteiger partial charge in [0.05, 0.1) is 11.5 Å². The molecule has 0 aromatic carbocycles. The molecule has 0 aromatic rings. The molecule has 1 aliphatic carbocycles. The number of aliphatic hydroxyl groups is 1. The number of alkyl halides is 3. The smallest absolute Gasteiger partial charge is 0.390 e. The Bertz CT molecular complexity index is 374. The average molecular weight is 307 g/mol. The lowest BCUT2D eigenvalue weighted by molar-refractivity contribution is -0.185. The SMILES string of the molecule is CC1(O)CCCN(C(=O)C2CCC(C(F)(F)F)CC2)CC1. The van der Waals surface area contributed by atoms with Crippen LogP contribution in [0.4, 0.5) is 13.2 Å². The predicted octanol–water partition coefficient (Wildman–Crippen LogP) is 3.12. The van der Waals surface area contributed by atoms with Gasteiger partial charge in [0.25, 0.3) is 0 Å². The molecule has 2 fully saturated rings. The van der Waals surface area contributed by atoms with Crippen LogP contribution in [0.2, 0.25) is 0 Å². The fraction of sp³-hybridized carbons (Fsp3) is 0.933. The van der Waals surface area contributed by atoms with Crippen LogP contribution < -0.4 is 0 Å². The zero-order valence-corrected chi connectivity index (χ0v) is 12.5. The van der Waals surface area contributed by atoms with Crippen molar-refractivity contribution in [2.24, 2.45) is 11.8 Å². The minimum Gasteiger partial charge on any atom is -0.390 e. The number of rotatable bonds is 1. The molecule has 21 heavy (non-hydrogen) atoms. The van der Waals surface area contributed by atoms with E-state index in [-0.39, 0.29) is 24.7 Å². The van der Waals surface area contributed by atoms with E-state index in [1.807, 2.05) is 0 Å². The predicted molar refractivity (Wildman–Crippen MR) is 72.6 cm³/mol. The summed E-state index contributed by atoms with van der Waals surface area (Å²) in [6, 6.07) is 0. The zero-order valence-electron chi connectivity index (χ0n) is 12.5. The van der Waals surface area contributed by atoms with Gasteiger partial charge in [0.15, 0.2) is 0 Å². The van der Waals surface area contributed by atoms with E-state index in [0.717, 1.165) is 6.42 Å². The van der Waals surface area contributed by atoms with Gasteiger partial charge in [-0.25, -0.2) is 0 Å². The number of nitrogens with zero attached hydrogens (tertiary/aromatic N) is 1. The van der Waals surface area contributed by atoms with Crippen molar-refractivity contribution in [3.63, 3.8) is 0 Å². The lowest BCUT2D eigenvalue weighted by Gasteiger charge is -2.32. The van der Waals surface area contributed by atoms with Gasteiger partial charge in [-0.3, -0.25) is 4.79 Å². The molecule has 2 aliphatic rings. The van der Waals surface area contributed by atoms with E-state index < -0.39 is 17.7 Å². The highest BCUT2D eigenvalue weighted by Gasteiger charge is 2.43. The number of halogens is 3. The molecule has 1 saturated carbocycles. The van der Waals surface area contributed by atoms with Crippen molar-refractivity contribution in [2.45, 2.75) is 63.6 Å². The molecule has 1 heterocycles. The standard InChI is InChI=1S/C15H24F3NO2/c1-14(21)7-2-9-19(10-8-14)13(20)11-3-5-12(6-4-11)15(16,17)18/h11-12,21H,2-10H2,1H3. The van der Waals surface area contributed by atoms with Gasteiger partial charge >= 0.3 is 6.18 Å². The molecule has 2 rings (SSSR count). The van der Waals surface area contributed by atoms with Crippen molar-refractivity contribution < 1.29 is 23.1 Å². The second-order valence-corrected chi connectivity index (χ2v) is 6.77. The average Bonchev–Trinajstić information content (AvgIpc) is 2.58. The summed E-state index contributed by atoms with van der Waals surface area (Å²) in [4.78, 5) is 14.2. The lowest BCUT2D eigenvalue weighted by Crippen LogP contribution is -2.40. The maximum Gasteiger partial charge on any atom is 0.391 e. The van der Waals surface area contributed by atoms with E-state index >= 15 is 0 Å². The van der Waals surface area contributed by atoms with Gasteiger partial charge in [0, 0.05) is 19.0 Å². The van der Waals surface area contributed by atoms with Gasteiger partial charge in [-0.2, -0.15) is 13.2 Å². The second-order valence-electron chi connectivity index (χ2n) is 6.77. The number of hydrogen-bond acceptors (Lipinski definition) is 2. The van der Waals surface area contributed by atoms with Gasteiger partial charge in [-0.05, 0) is 51.9 Å². The van der Waals surface area contributed by atoms with Gasteiger partial charge in [0.2, 0.25) is 5.91 Å². The first-order valence-electron chi connectivity index (χ1n) is 7.77. The Balaban J connectivity index is 1.87. The Morgan fingerprint density at radius 1 is 1.14 bits per heavy atom. The van der Waals surface area contributed by atoms with Crippen LogP contribution in [0.25, 0.3) is 0 Å². The van der Waals surface area contributed by atoms with E-state index in [1.54, 1.807) is 11.8 Å². The van der Waals surface area contributed by atoms with Crippen LogP contribution in [0.15, 0.2) is 0 Å². The summed E-state index contributed by atoms with van der Waals surface area (Å²) in [5.74, 6) is -1.54. The van der Waals surface area contributed by atoms with Crippen molar-refractivity contribution in [3.05, 3.63) is 0 Å². The van der Waals surface area contributed by atoms with Crippen LogP contribution in [0.1, 0.15) is 51.9 Å². The molecule has 0 aromatic heterocycles. The van der Waals surface area contributed by atoms with Crippen LogP contribution in [-0.4, -0.2) is 40.8 Å². The monoisotopic (exact) mass is 307 g/mol. The summed E-state index contributed by atoms with van der Waals surface area (Å²) >= 11 is 0. The van der Waals surface area contributed by atoms with E-state index in [9.17, 15) is 23.1 Å². The molecule has 1 saturated heterocycles. The van der Waals surface area contributed by atoms with Crippen molar-refractivity contribution in [3.8, 4) is 0 Å². The second kappa shape index (κ2) is 6.15. The lowest BCUT2D eigenvalue weighted by atomic mass is 9.81. The van der Waals surface area contributed by atoms with Crippen molar-refractivity contribution in [2.75, 3.05) is 13.1 Å². The maximum atomic E-state index is 12.6. The van der Waals surface area contributed by atoms with E-state index in [4.69, 9.17) is 0 Å². The molecule has 1 atom stereocenters. The van der Waals surface area contributed by atoms with Crippen molar-refractivity contribution >= 4 is 5.91 Å².